The molecule has 0 heterocycles. The van der Waals surface area contributed by atoms with E-state index in [0.29, 0.717) is 26.2 Å². The number of hydrogen-bond donors (Lipinski definition) is 0. The Kier molecular flexibility index (Phi) is 3.96. The molecule has 0 fully saturated rings. The first-order valence-corrected chi connectivity index (χ1v) is 6.38. The van der Waals surface area contributed by atoms with Crippen LogP contribution in [-0.2, 0) is 0 Å². The van der Waals surface area contributed by atoms with Crippen LogP contribution in [0, 0.1) is 6.92 Å². The lowest BCUT2D eigenvalue weighted by molar-refractivity contribution is 0.103. The summed E-state index contributed by atoms with van der Waals surface area (Å²) in [5, 5.41) is 1.48. The van der Waals surface area contributed by atoms with Gasteiger partial charge < -0.3 is 0 Å². The Balaban J connectivity index is 2.44. The maximum Gasteiger partial charge on any atom is 0.194 e. The molecule has 4 heteroatoms. The van der Waals surface area contributed by atoms with Gasteiger partial charge in [-0.05, 0) is 48.9 Å². The van der Waals surface area contributed by atoms with Gasteiger partial charge in [-0.25, -0.2) is 0 Å². The molecule has 0 radical (unpaired) electrons. The molecule has 0 aliphatic rings. The molecule has 2 aromatic carbocycles. The summed E-state index contributed by atoms with van der Waals surface area (Å²) in [5.74, 6) is -0.142. The van der Waals surface area contributed by atoms with Crippen molar-refractivity contribution in [2.24, 2.45) is 0 Å². The molecule has 2 rings (SSSR count). The van der Waals surface area contributed by atoms with Gasteiger partial charge in [-0.2, -0.15) is 0 Å². The van der Waals surface area contributed by atoms with Gasteiger partial charge in [-0.15, -0.1) is 0 Å². The van der Waals surface area contributed by atoms with E-state index in [4.69, 9.17) is 34.8 Å². The van der Waals surface area contributed by atoms with Crippen molar-refractivity contribution >= 4 is 40.6 Å². The number of ketones is 1. The average molecular weight is 300 g/mol. The summed E-state index contributed by atoms with van der Waals surface area (Å²) >= 11 is 17.7. The minimum atomic E-state index is -0.142. The Morgan fingerprint density at radius 2 is 1.67 bits per heavy atom. The second-order valence-electron chi connectivity index (χ2n) is 3.92. The first-order valence-electron chi connectivity index (χ1n) is 5.25. The van der Waals surface area contributed by atoms with E-state index in [2.05, 4.69) is 0 Å². The number of rotatable bonds is 2. The highest BCUT2D eigenvalue weighted by Gasteiger charge is 2.13. The minimum Gasteiger partial charge on any atom is -0.289 e. The van der Waals surface area contributed by atoms with Gasteiger partial charge in [0.1, 0.15) is 0 Å². The second kappa shape index (κ2) is 5.31. The molecule has 92 valence electrons. The van der Waals surface area contributed by atoms with Crippen LogP contribution in [-0.4, -0.2) is 5.78 Å². The van der Waals surface area contributed by atoms with Crippen LogP contribution in [0.5, 0.6) is 0 Å². The molecule has 0 aromatic heterocycles. The Bertz CT molecular complexity index is 620. The normalized spacial score (nSPS) is 10.4. The number of carbonyl (C=O) groups excluding carboxylic acids is 1. The molecule has 0 atom stereocenters. The zero-order valence-corrected chi connectivity index (χ0v) is 11.8. The lowest BCUT2D eigenvalue weighted by atomic mass is 10.0. The van der Waals surface area contributed by atoms with Crippen LogP contribution in [0.15, 0.2) is 36.4 Å². The topological polar surface area (TPSA) is 17.1 Å². The first-order chi connectivity index (χ1) is 8.49. The number of hydrogen-bond acceptors (Lipinski definition) is 1. The third kappa shape index (κ3) is 2.69. The second-order valence-corrected chi connectivity index (χ2v) is 5.17. The van der Waals surface area contributed by atoms with Crippen molar-refractivity contribution in [2.75, 3.05) is 0 Å². The van der Waals surface area contributed by atoms with Gasteiger partial charge in [-0.1, -0.05) is 34.8 Å². The molecule has 0 bridgehead atoms. The fraction of sp³-hybridized carbons (Fsp3) is 0.0714. The highest BCUT2D eigenvalue weighted by Crippen LogP contribution is 2.25. The minimum absolute atomic E-state index is 0.142. The van der Waals surface area contributed by atoms with Crippen molar-refractivity contribution in [1.29, 1.82) is 0 Å². The maximum atomic E-state index is 12.3. The van der Waals surface area contributed by atoms with E-state index in [-0.39, 0.29) is 5.78 Å². The molecular formula is C14H9Cl3O. The van der Waals surface area contributed by atoms with Crippen LogP contribution in [0.1, 0.15) is 21.5 Å². The Labute approximate surface area is 120 Å². The van der Waals surface area contributed by atoms with Crippen LogP contribution >= 0.6 is 34.8 Å². The van der Waals surface area contributed by atoms with Crippen molar-refractivity contribution in [2.45, 2.75) is 6.92 Å². The smallest absolute Gasteiger partial charge is 0.194 e. The van der Waals surface area contributed by atoms with Gasteiger partial charge >= 0.3 is 0 Å². The number of benzene rings is 2. The van der Waals surface area contributed by atoms with Gasteiger partial charge in [0.05, 0.1) is 5.02 Å². The molecule has 0 unspecified atom stereocenters. The van der Waals surface area contributed by atoms with E-state index in [1.165, 1.54) is 0 Å². The molecule has 0 amide bonds. The number of aryl methyl sites for hydroxylation is 1. The van der Waals surface area contributed by atoms with E-state index >= 15 is 0 Å². The van der Waals surface area contributed by atoms with Crippen LogP contribution in [0.4, 0.5) is 0 Å². The van der Waals surface area contributed by atoms with Crippen molar-refractivity contribution in [3.05, 3.63) is 68.2 Å². The number of halogens is 3. The fourth-order valence-electron chi connectivity index (χ4n) is 1.62. The molecule has 0 aliphatic carbocycles. The zero-order chi connectivity index (χ0) is 13.3. The molecule has 1 nitrogen and oxygen atoms in total. The molecule has 0 saturated heterocycles. The van der Waals surface area contributed by atoms with Crippen molar-refractivity contribution in [1.82, 2.24) is 0 Å². The average Bonchev–Trinajstić information content (AvgIpc) is 2.32. The zero-order valence-electron chi connectivity index (χ0n) is 9.51. The molecule has 0 saturated carbocycles. The summed E-state index contributed by atoms with van der Waals surface area (Å²) in [5.41, 5.74) is 1.84. The largest absolute Gasteiger partial charge is 0.289 e. The summed E-state index contributed by atoms with van der Waals surface area (Å²) in [4.78, 5) is 12.3. The van der Waals surface area contributed by atoms with Crippen LogP contribution < -0.4 is 0 Å². The fourth-order valence-corrected chi connectivity index (χ4v) is 2.23. The molecular weight excluding hydrogens is 291 g/mol. The van der Waals surface area contributed by atoms with Gasteiger partial charge in [0, 0.05) is 21.2 Å². The molecule has 0 aliphatic heterocycles. The van der Waals surface area contributed by atoms with E-state index < -0.39 is 0 Å². The lowest BCUT2D eigenvalue weighted by Gasteiger charge is -2.06. The summed E-state index contributed by atoms with van der Waals surface area (Å²) in [6.07, 6.45) is 0. The summed E-state index contributed by atoms with van der Waals surface area (Å²) in [7, 11) is 0. The van der Waals surface area contributed by atoms with Crippen LogP contribution in [0.25, 0.3) is 0 Å². The summed E-state index contributed by atoms with van der Waals surface area (Å²) in [6.45, 7) is 1.85. The van der Waals surface area contributed by atoms with Crippen molar-refractivity contribution < 1.29 is 4.79 Å². The summed E-state index contributed by atoms with van der Waals surface area (Å²) in [6, 6.07) is 9.95. The van der Waals surface area contributed by atoms with E-state index in [0.717, 1.165) is 5.56 Å². The van der Waals surface area contributed by atoms with E-state index in [1.54, 1.807) is 36.4 Å². The van der Waals surface area contributed by atoms with E-state index in [1.807, 2.05) is 6.92 Å². The molecule has 0 N–H and O–H groups in total. The Morgan fingerprint density at radius 1 is 0.944 bits per heavy atom. The van der Waals surface area contributed by atoms with Gasteiger partial charge in [-0.3, -0.25) is 4.79 Å². The van der Waals surface area contributed by atoms with Gasteiger partial charge in [0.25, 0.3) is 0 Å². The molecule has 0 spiro atoms. The SMILES string of the molecule is Cc1cc(C(=O)c2ccc(Cl)cc2Cl)ccc1Cl. The number of carbonyl (C=O) groups is 1. The van der Waals surface area contributed by atoms with E-state index in [9.17, 15) is 4.79 Å². The Hall–Kier alpha value is -1.02. The first kappa shape index (κ1) is 13.4. The highest BCUT2D eigenvalue weighted by atomic mass is 35.5. The van der Waals surface area contributed by atoms with Crippen molar-refractivity contribution in [3.63, 3.8) is 0 Å². The summed E-state index contributed by atoms with van der Waals surface area (Å²) < 4.78 is 0. The highest BCUT2D eigenvalue weighted by molar-refractivity contribution is 6.37. The van der Waals surface area contributed by atoms with Gasteiger partial charge in [0.2, 0.25) is 0 Å². The molecule has 18 heavy (non-hydrogen) atoms. The van der Waals surface area contributed by atoms with Crippen LogP contribution in [0.3, 0.4) is 0 Å². The third-order valence-corrected chi connectivity index (χ3v) is 3.57. The predicted octanol–water partition coefficient (Wildman–Crippen LogP) is 5.19. The van der Waals surface area contributed by atoms with Crippen molar-refractivity contribution in [3.8, 4) is 0 Å². The van der Waals surface area contributed by atoms with Crippen LogP contribution in [0.2, 0.25) is 15.1 Å². The quantitative estimate of drug-likeness (QED) is 0.698. The standard InChI is InChI=1S/C14H9Cl3O/c1-8-6-9(2-5-12(8)16)14(18)11-4-3-10(15)7-13(11)17/h2-7H,1H3. The van der Waals surface area contributed by atoms with Gasteiger partial charge in [0.15, 0.2) is 5.78 Å². The lowest BCUT2D eigenvalue weighted by Crippen LogP contribution is -2.02. The Morgan fingerprint density at radius 3 is 2.28 bits per heavy atom. The molecule has 2 aromatic rings. The monoisotopic (exact) mass is 298 g/mol. The predicted molar refractivity (Wildman–Crippen MR) is 76.1 cm³/mol. The third-order valence-electron chi connectivity index (χ3n) is 2.60. The maximum absolute atomic E-state index is 12.3.